The van der Waals surface area contributed by atoms with Gasteiger partial charge in [0.1, 0.15) is 6.10 Å². The fourth-order valence-corrected chi connectivity index (χ4v) is 2.11. The zero-order valence-corrected chi connectivity index (χ0v) is 9.72. The minimum Gasteiger partial charge on any atom is -0.378 e. The normalized spacial score (nSPS) is 32.0. The quantitative estimate of drug-likeness (QED) is 0.723. The molecule has 2 fully saturated rings. The van der Waals surface area contributed by atoms with Crippen LogP contribution in [-0.2, 0) is 14.3 Å². The highest BCUT2D eigenvalue weighted by molar-refractivity contribution is 5.80. The second kappa shape index (κ2) is 5.12. The van der Waals surface area contributed by atoms with E-state index >= 15 is 0 Å². The molecule has 2 N–H and O–H groups in total. The molecule has 0 radical (unpaired) electrons. The first-order valence-electron chi connectivity index (χ1n) is 5.94. The molecule has 0 spiro atoms. The second-order valence-corrected chi connectivity index (χ2v) is 4.57. The predicted molar refractivity (Wildman–Crippen MR) is 58.9 cm³/mol. The molecule has 2 aliphatic rings. The molecule has 1 unspecified atom stereocenters. The number of carbonyl (C=O) groups excluding carboxylic acids is 1. The molecule has 1 heterocycles. The average molecular weight is 228 g/mol. The molecule has 1 aliphatic heterocycles. The highest BCUT2D eigenvalue weighted by Crippen LogP contribution is 2.23. The van der Waals surface area contributed by atoms with E-state index in [9.17, 15) is 4.79 Å². The second-order valence-electron chi connectivity index (χ2n) is 4.57. The molecule has 92 valence electrons. The third kappa shape index (κ3) is 2.72. The molecule has 5 heteroatoms. The lowest BCUT2D eigenvalue weighted by Gasteiger charge is -2.36. The van der Waals surface area contributed by atoms with Crippen LogP contribution in [0.25, 0.3) is 0 Å². The lowest BCUT2D eigenvalue weighted by atomic mass is 9.90. The monoisotopic (exact) mass is 228 g/mol. The lowest BCUT2D eigenvalue weighted by Crippen LogP contribution is -2.49. The largest absolute Gasteiger partial charge is 0.378 e. The van der Waals surface area contributed by atoms with E-state index in [4.69, 9.17) is 15.2 Å². The van der Waals surface area contributed by atoms with Crippen LogP contribution in [0.15, 0.2) is 0 Å². The van der Waals surface area contributed by atoms with Gasteiger partial charge in [0.2, 0.25) is 0 Å². The Labute approximate surface area is 95.9 Å². The molecule has 1 saturated heterocycles. The molecule has 16 heavy (non-hydrogen) atoms. The van der Waals surface area contributed by atoms with Crippen molar-refractivity contribution >= 4 is 5.91 Å². The summed E-state index contributed by atoms with van der Waals surface area (Å²) in [5.41, 5.74) is 5.67. The maximum Gasteiger partial charge on any atom is 0.251 e. The molecule has 1 aliphatic carbocycles. The first-order chi connectivity index (χ1) is 7.66. The molecule has 2 rings (SSSR count). The Morgan fingerprint density at radius 3 is 2.62 bits per heavy atom. The number of rotatable bonds is 3. The summed E-state index contributed by atoms with van der Waals surface area (Å²) in [5.74, 6) is 0.0729. The number of hydrogen-bond acceptors (Lipinski definition) is 4. The number of amides is 1. The minimum absolute atomic E-state index is 0.0729. The average Bonchev–Trinajstić information content (AvgIpc) is 2.27. The van der Waals surface area contributed by atoms with Gasteiger partial charge >= 0.3 is 0 Å². The van der Waals surface area contributed by atoms with Crippen LogP contribution in [0.4, 0.5) is 0 Å². The van der Waals surface area contributed by atoms with Gasteiger partial charge in [0, 0.05) is 19.1 Å². The van der Waals surface area contributed by atoms with Gasteiger partial charge in [-0.25, -0.2) is 0 Å². The van der Waals surface area contributed by atoms with Crippen molar-refractivity contribution in [3.8, 4) is 0 Å². The lowest BCUT2D eigenvalue weighted by molar-refractivity contribution is -0.153. The zero-order chi connectivity index (χ0) is 11.5. The Morgan fingerprint density at radius 2 is 2.06 bits per heavy atom. The van der Waals surface area contributed by atoms with Crippen molar-refractivity contribution in [3.05, 3.63) is 0 Å². The van der Waals surface area contributed by atoms with Gasteiger partial charge in [-0.15, -0.1) is 0 Å². The van der Waals surface area contributed by atoms with E-state index in [1.54, 1.807) is 0 Å². The first-order valence-corrected chi connectivity index (χ1v) is 5.94. The number of ether oxygens (including phenoxy) is 2. The van der Waals surface area contributed by atoms with E-state index in [1.807, 2.05) is 11.8 Å². The molecule has 0 aromatic rings. The molecule has 0 aromatic heterocycles. The van der Waals surface area contributed by atoms with Gasteiger partial charge in [-0.05, 0) is 19.8 Å². The van der Waals surface area contributed by atoms with Crippen molar-refractivity contribution in [2.75, 3.05) is 26.3 Å². The molecule has 1 saturated carbocycles. The Bertz CT molecular complexity index is 248. The maximum absolute atomic E-state index is 12.0. The smallest absolute Gasteiger partial charge is 0.251 e. The Morgan fingerprint density at radius 1 is 1.44 bits per heavy atom. The Balaban J connectivity index is 1.74. The standard InChI is InChI=1S/C11H20N2O3/c1-8(16-10-6-9(12)7-10)11(14)13-2-4-15-5-3-13/h8-10H,2-7,12H2,1H3. The molecule has 0 bridgehead atoms. The Kier molecular flexibility index (Phi) is 3.78. The van der Waals surface area contributed by atoms with Crippen LogP contribution < -0.4 is 5.73 Å². The van der Waals surface area contributed by atoms with Crippen molar-refractivity contribution < 1.29 is 14.3 Å². The van der Waals surface area contributed by atoms with Gasteiger partial charge in [0.05, 0.1) is 19.3 Å². The summed E-state index contributed by atoms with van der Waals surface area (Å²) in [6.07, 6.45) is 1.58. The van der Waals surface area contributed by atoms with E-state index < -0.39 is 0 Å². The zero-order valence-electron chi connectivity index (χ0n) is 9.72. The van der Waals surface area contributed by atoms with Gasteiger partial charge < -0.3 is 20.1 Å². The molecule has 1 amide bonds. The number of nitrogens with two attached hydrogens (primary N) is 1. The maximum atomic E-state index is 12.0. The van der Waals surface area contributed by atoms with E-state index in [-0.39, 0.29) is 24.2 Å². The van der Waals surface area contributed by atoms with E-state index in [0.717, 1.165) is 12.8 Å². The summed E-state index contributed by atoms with van der Waals surface area (Å²) >= 11 is 0. The van der Waals surface area contributed by atoms with E-state index in [2.05, 4.69) is 0 Å². The summed E-state index contributed by atoms with van der Waals surface area (Å²) in [6.45, 7) is 4.44. The molecular weight excluding hydrogens is 208 g/mol. The van der Waals surface area contributed by atoms with Crippen LogP contribution in [0.5, 0.6) is 0 Å². The minimum atomic E-state index is -0.351. The number of hydrogen-bond donors (Lipinski definition) is 1. The van der Waals surface area contributed by atoms with Crippen molar-refractivity contribution in [2.45, 2.75) is 38.0 Å². The highest BCUT2D eigenvalue weighted by Gasteiger charge is 2.31. The van der Waals surface area contributed by atoms with E-state index in [1.165, 1.54) is 0 Å². The van der Waals surface area contributed by atoms with Crippen molar-refractivity contribution in [1.29, 1.82) is 0 Å². The summed E-state index contributed by atoms with van der Waals surface area (Å²) < 4.78 is 10.9. The van der Waals surface area contributed by atoms with Gasteiger partial charge in [-0.1, -0.05) is 0 Å². The van der Waals surface area contributed by atoms with Crippen LogP contribution in [0.1, 0.15) is 19.8 Å². The molecule has 0 aromatic carbocycles. The number of nitrogens with zero attached hydrogens (tertiary/aromatic N) is 1. The van der Waals surface area contributed by atoms with Gasteiger partial charge in [-0.3, -0.25) is 4.79 Å². The van der Waals surface area contributed by atoms with Gasteiger partial charge in [0.15, 0.2) is 0 Å². The van der Waals surface area contributed by atoms with Gasteiger partial charge in [0.25, 0.3) is 5.91 Å². The third-order valence-electron chi connectivity index (χ3n) is 3.20. The van der Waals surface area contributed by atoms with Crippen molar-refractivity contribution in [1.82, 2.24) is 4.90 Å². The first kappa shape index (κ1) is 11.8. The SMILES string of the molecule is CC(OC1CC(N)C1)C(=O)N1CCOCC1. The number of morpholine rings is 1. The fraction of sp³-hybridized carbons (Fsp3) is 0.909. The van der Waals surface area contributed by atoms with E-state index in [0.29, 0.717) is 26.3 Å². The predicted octanol–water partition coefficient (Wildman–Crippen LogP) is -0.260. The summed E-state index contributed by atoms with van der Waals surface area (Å²) in [7, 11) is 0. The molecular formula is C11H20N2O3. The van der Waals surface area contributed by atoms with Crippen LogP contribution in [0.2, 0.25) is 0 Å². The summed E-state index contributed by atoms with van der Waals surface area (Å²) in [6, 6.07) is 0.260. The Hall–Kier alpha value is -0.650. The van der Waals surface area contributed by atoms with Crippen molar-refractivity contribution in [2.24, 2.45) is 5.73 Å². The highest BCUT2D eigenvalue weighted by atomic mass is 16.5. The van der Waals surface area contributed by atoms with Crippen LogP contribution in [-0.4, -0.2) is 55.4 Å². The third-order valence-corrected chi connectivity index (χ3v) is 3.20. The fourth-order valence-electron chi connectivity index (χ4n) is 2.11. The molecule has 1 atom stereocenters. The van der Waals surface area contributed by atoms with Crippen molar-refractivity contribution in [3.63, 3.8) is 0 Å². The van der Waals surface area contributed by atoms with Gasteiger partial charge in [-0.2, -0.15) is 0 Å². The van der Waals surface area contributed by atoms with Crippen LogP contribution in [0, 0.1) is 0 Å². The summed E-state index contributed by atoms with van der Waals surface area (Å²) in [5, 5.41) is 0. The summed E-state index contributed by atoms with van der Waals surface area (Å²) in [4.78, 5) is 13.8. The topological polar surface area (TPSA) is 64.8 Å². The number of carbonyl (C=O) groups is 1. The molecule has 5 nitrogen and oxygen atoms in total. The van der Waals surface area contributed by atoms with Crippen LogP contribution in [0.3, 0.4) is 0 Å². The van der Waals surface area contributed by atoms with Crippen LogP contribution >= 0.6 is 0 Å².